The average molecular weight is 259 g/mol. The predicted molar refractivity (Wildman–Crippen MR) is 63.1 cm³/mol. The monoisotopic (exact) mass is 259 g/mol. The second-order valence-corrected chi connectivity index (χ2v) is 4.32. The van der Waals surface area contributed by atoms with Gasteiger partial charge in [-0.05, 0) is 18.6 Å². The molecule has 0 aliphatic carbocycles. The number of fused-ring (bicyclic) bond motifs is 1. The smallest absolute Gasteiger partial charge is 0.262 e. The second kappa shape index (κ2) is 4.01. The fourth-order valence-electron chi connectivity index (χ4n) is 2.25. The third-order valence-electron chi connectivity index (χ3n) is 3.17. The van der Waals surface area contributed by atoms with Gasteiger partial charge in [0.15, 0.2) is 0 Å². The number of hydrogen-bond donors (Lipinski definition) is 1. The lowest BCUT2D eigenvalue weighted by atomic mass is 10.0. The minimum Gasteiger partial charge on any atom is -0.295 e. The van der Waals surface area contributed by atoms with E-state index in [1.807, 2.05) is 5.32 Å². The molecule has 4 amide bonds. The summed E-state index contributed by atoms with van der Waals surface area (Å²) < 4.78 is 8.17. The first-order chi connectivity index (χ1) is 9.45. The van der Waals surface area contributed by atoms with Crippen molar-refractivity contribution < 1.29 is 20.5 Å². The van der Waals surface area contributed by atoms with Crippen molar-refractivity contribution in [3.8, 4) is 0 Å². The molecular formula is C13H10N2O4. The maximum atomic E-state index is 12.3. The maximum absolute atomic E-state index is 12.3. The molecule has 1 aromatic carbocycles. The number of nitrogens with zero attached hydrogens (tertiary/aromatic N) is 1. The number of carbonyl (C=O) groups is 4. The minimum absolute atomic E-state index is 0.0807. The van der Waals surface area contributed by atoms with Crippen LogP contribution in [0.3, 0.4) is 0 Å². The molecule has 3 rings (SSSR count). The molecule has 0 spiro atoms. The maximum Gasteiger partial charge on any atom is 0.262 e. The van der Waals surface area contributed by atoms with E-state index in [9.17, 15) is 19.2 Å². The Morgan fingerprint density at radius 3 is 2.21 bits per heavy atom. The summed E-state index contributed by atoms with van der Waals surface area (Å²) in [5.74, 6) is -2.80. The number of hydrogen-bond acceptors (Lipinski definition) is 4. The lowest BCUT2D eigenvalue weighted by molar-refractivity contribution is -0.136. The van der Waals surface area contributed by atoms with Gasteiger partial charge in [0, 0.05) is 6.42 Å². The molecule has 6 nitrogen and oxygen atoms in total. The van der Waals surface area contributed by atoms with Gasteiger partial charge in [-0.25, -0.2) is 0 Å². The summed E-state index contributed by atoms with van der Waals surface area (Å²) in [5.41, 5.74) is 0.350. The fraction of sp³-hybridized carbons (Fsp3) is 0.231. The molecule has 1 fully saturated rings. The van der Waals surface area contributed by atoms with E-state index in [1.54, 1.807) is 12.1 Å². The zero-order valence-corrected chi connectivity index (χ0v) is 9.80. The lowest BCUT2D eigenvalue weighted by Gasteiger charge is -2.27. The van der Waals surface area contributed by atoms with Crippen LogP contribution in [0, 0.1) is 0 Å². The molecule has 19 heavy (non-hydrogen) atoms. The number of imide groups is 2. The van der Waals surface area contributed by atoms with E-state index in [1.165, 1.54) is 12.1 Å². The highest BCUT2D eigenvalue weighted by atomic mass is 16.2. The molecule has 2 heterocycles. The number of benzene rings is 1. The first kappa shape index (κ1) is 10.4. The minimum atomic E-state index is -2.07. The van der Waals surface area contributed by atoms with E-state index >= 15 is 0 Å². The molecule has 2 aliphatic heterocycles. The summed E-state index contributed by atoms with van der Waals surface area (Å²) in [4.78, 5) is 48.2. The van der Waals surface area contributed by atoms with E-state index in [0.29, 0.717) is 4.90 Å². The van der Waals surface area contributed by atoms with Crippen molar-refractivity contribution in [3.63, 3.8) is 0 Å². The zero-order valence-electron chi connectivity index (χ0n) is 10.8. The van der Waals surface area contributed by atoms with Crippen LogP contribution in [0.25, 0.3) is 0 Å². The molecule has 1 saturated heterocycles. The highest BCUT2D eigenvalue weighted by Crippen LogP contribution is 2.26. The summed E-state index contributed by atoms with van der Waals surface area (Å²) in [5, 5.41) is 2.00. The molecule has 1 aromatic rings. The zero-order chi connectivity index (χ0) is 14.5. The SMILES string of the molecule is [2H]C1(N2C(=O)c3ccccc3C2=O)CCC(=O)NC1=O. The lowest BCUT2D eigenvalue weighted by Crippen LogP contribution is -2.54. The molecule has 0 saturated carbocycles. The van der Waals surface area contributed by atoms with Gasteiger partial charge in [0.25, 0.3) is 11.8 Å². The van der Waals surface area contributed by atoms with Crippen LogP contribution in [-0.4, -0.2) is 34.5 Å². The van der Waals surface area contributed by atoms with E-state index in [4.69, 9.17) is 1.37 Å². The van der Waals surface area contributed by atoms with Crippen molar-refractivity contribution in [2.45, 2.75) is 18.9 Å². The van der Waals surface area contributed by atoms with Crippen LogP contribution in [-0.2, 0) is 9.59 Å². The highest BCUT2D eigenvalue weighted by Gasteiger charge is 2.44. The summed E-state index contributed by atoms with van der Waals surface area (Å²) in [6.45, 7) is 0. The van der Waals surface area contributed by atoms with Crippen LogP contribution < -0.4 is 5.32 Å². The van der Waals surface area contributed by atoms with Crippen molar-refractivity contribution >= 4 is 23.6 Å². The number of nitrogens with one attached hydrogen (secondary N) is 1. The molecule has 0 radical (unpaired) electrons. The first-order valence-electron chi connectivity index (χ1n) is 6.27. The van der Waals surface area contributed by atoms with Crippen LogP contribution in [0.1, 0.15) is 34.9 Å². The molecule has 1 atom stereocenters. The Kier molecular flexibility index (Phi) is 2.20. The fourth-order valence-corrected chi connectivity index (χ4v) is 2.25. The summed E-state index contributed by atoms with van der Waals surface area (Å²) in [7, 11) is 0. The van der Waals surface area contributed by atoms with E-state index in [-0.39, 0.29) is 24.0 Å². The molecule has 1 unspecified atom stereocenters. The molecular weight excluding hydrogens is 248 g/mol. The number of rotatable bonds is 1. The Labute approximate surface area is 109 Å². The van der Waals surface area contributed by atoms with Crippen LogP contribution in [0.5, 0.6) is 0 Å². The third kappa shape index (κ3) is 1.64. The average Bonchev–Trinajstić information content (AvgIpc) is 2.68. The Bertz CT molecular complexity index is 637. The molecule has 6 heteroatoms. The van der Waals surface area contributed by atoms with Gasteiger partial charge < -0.3 is 0 Å². The largest absolute Gasteiger partial charge is 0.295 e. The van der Waals surface area contributed by atoms with Gasteiger partial charge >= 0.3 is 0 Å². The van der Waals surface area contributed by atoms with Crippen molar-refractivity contribution in [2.24, 2.45) is 0 Å². The van der Waals surface area contributed by atoms with Gasteiger partial charge in [0.05, 0.1) is 12.5 Å². The van der Waals surface area contributed by atoms with Gasteiger partial charge in [-0.15, -0.1) is 0 Å². The summed E-state index contributed by atoms with van der Waals surface area (Å²) >= 11 is 0. The first-order valence-corrected chi connectivity index (χ1v) is 5.77. The van der Waals surface area contributed by atoms with Gasteiger partial charge in [0.1, 0.15) is 6.02 Å². The Balaban J connectivity index is 2.04. The Morgan fingerprint density at radius 1 is 1.11 bits per heavy atom. The number of piperidine rings is 1. The number of carbonyl (C=O) groups excluding carboxylic acids is 4. The molecule has 2 aliphatic rings. The van der Waals surface area contributed by atoms with Gasteiger partial charge in [-0.1, -0.05) is 12.1 Å². The van der Waals surface area contributed by atoms with Crippen LogP contribution in [0.4, 0.5) is 0 Å². The van der Waals surface area contributed by atoms with Crippen LogP contribution in [0.15, 0.2) is 24.3 Å². The predicted octanol–water partition coefficient (Wildman–Crippen LogP) is 0.0878. The van der Waals surface area contributed by atoms with Gasteiger partial charge in [-0.3, -0.25) is 29.4 Å². The quantitative estimate of drug-likeness (QED) is 0.724. The van der Waals surface area contributed by atoms with Crippen LogP contribution in [0.2, 0.25) is 0 Å². The van der Waals surface area contributed by atoms with Crippen molar-refractivity contribution in [3.05, 3.63) is 35.4 Å². The summed E-state index contributed by atoms with van der Waals surface area (Å²) in [6.07, 6.45) is -0.272. The molecule has 0 aromatic heterocycles. The van der Waals surface area contributed by atoms with Crippen molar-refractivity contribution in [1.29, 1.82) is 0 Å². The topological polar surface area (TPSA) is 83.6 Å². The standard InChI is InChI=1S/C13H10N2O4/c16-10-6-5-9(11(17)14-10)15-12(18)7-3-1-2-4-8(7)13(15)19/h1-4,9H,5-6H2,(H,14,16,17)/i9D. The Hall–Kier alpha value is -2.50. The second-order valence-electron chi connectivity index (χ2n) is 4.32. The van der Waals surface area contributed by atoms with Crippen molar-refractivity contribution in [2.75, 3.05) is 0 Å². The van der Waals surface area contributed by atoms with E-state index < -0.39 is 29.6 Å². The van der Waals surface area contributed by atoms with Crippen molar-refractivity contribution in [1.82, 2.24) is 10.2 Å². The summed E-state index contributed by atoms with van der Waals surface area (Å²) in [6, 6.07) is 4.10. The molecule has 96 valence electrons. The van der Waals surface area contributed by atoms with Crippen LogP contribution >= 0.6 is 0 Å². The Morgan fingerprint density at radius 2 is 1.68 bits per heavy atom. The number of amides is 4. The molecule has 1 N–H and O–H groups in total. The van der Waals surface area contributed by atoms with Gasteiger partial charge in [-0.2, -0.15) is 0 Å². The van der Waals surface area contributed by atoms with E-state index in [0.717, 1.165) is 0 Å². The third-order valence-corrected chi connectivity index (χ3v) is 3.17. The highest BCUT2D eigenvalue weighted by molar-refractivity contribution is 6.23. The van der Waals surface area contributed by atoms with Gasteiger partial charge in [0.2, 0.25) is 11.8 Å². The normalized spacial score (nSPS) is 27.2. The van der Waals surface area contributed by atoms with E-state index in [2.05, 4.69) is 0 Å². The molecule has 0 bridgehead atoms.